The molecule has 7 heteroatoms. The van der Waals surface area contributed by atoms with Gasteiger partial charge in [-0.1, -0.05) is 5.16 Å². The first-order valence-electron chi connectivity index (χ1n) is 5.80. The Morgan fingerprint density at radius 1 is 1.50 bits per heavy atom. The van der Waals surface area contributed by atoms with Gasteiger partial charge in [0.05, 0.1) is 0 Å². The van der Waals surface area contributed by atoms with E-state index in [-0.39, 0.29) is 5.84 Å². The van der Waals surface area contributed by atoms with Crippen LogP contribution in [0.15, 0.2) is 17.4 Å². The fraction of sp³-hybridized carbons (Fsp3) is 0.545. The van der Waals surface area contributed by atoms with Crippen molar-refractivity contribution >= 4 is 17.6 Å². The second kappa shape index (κ2) is 6.63. The zero-order valence-electron chi connectivity index (χ0n) is 11.0. The normalized spacial score (nSPS) is 11.4. The Bertz CT molecular complexity index is 406. The molecule has 0 fully saturated rings. The molecule has 1 aromatic heterocycles. The van der Waals surface area contributed by atoms with Crippen molar-refractivity contribution in [2.75, 3.05) is 37.0 Å². The van der Waals surface area contributed by atoms with Crippen LogP contribution in [0.2, 0.25) is 0 Å². The number of amidine groups is 1. The fourth-order valence-electron chi connectivity index (χ4n) is 1.46. The van der Waals surface area contributed by atoms with E-state index >= 15 is 0 Å². The highest BCUT2D eigenvalue weighted by Crippen LogP contribution is 2.13. The molecule has 3 N–H and O–H groups in total. The first kappa shape index (κ1) is 14.0. The van der Waals surface area contributed by atoms with Crippen LogP contribution in [0.5, 0.6) is 0 Å². The third kappa shape index (κ3) is 3.76. The zero-order valence-corrected chi connectivity index (χ0v) is 11.0. The molecule has 0 aliphatic rings. The third-order valence-corrected chi connectivity index (χ3v) is 2.50. The van der Waals surface area contributed by atoms with Gasteiger partial charge in [0.15, 0.2) is 0 Å². The van der Waals surface area contributed by atoms with Gasteiger partial charge in [0.25, 0.3) is 0 Å². The second-order valence-electron chi connectivity index (χ2n) is 4.03. The summed E-state index contributed by atoms with van der Waals surface area (Å²) in [4.78, 5) is 12.5. The van der Waals surface area contributed by atoms with Gasteiger partial charge in [-0.2, -0.15) is 4.98 Å². The van der Waals surface area contributed by atoms with Gasteiger partial charge in [-0.3, -0.25) is 0 Å². The molecule has 0 aromatic carbocycles. The topological polar surface area (TPSA) is 90.9 Å². The molecule has 0 aliphatic heterocycles. The first-order chi connectivity index (χ1) is 8.58. The molecule has 0 atom stereocenters. The molecule has 18 heavy (non-hydrogen) atoms. The number of anilines is 2. The summed E-state index contributed by atoms with van der Waals surface area (Å²) >= 11 is 0. The maximum Gasteiger partial charge on any atom is 0.226 e. The van der Waals surface area contributed by atoms with Crippen molar-refractivity contribution in [3.05, 3.63) is 12.3 Å². The Morgan fingerprint density at radius 3 is 2.78 bits per heavy atom. The summed E-state index contributed by atoms with van der Waals surface area (Å²) in [5.41, 5.74) is 5.46. The van der Waals surface area contributed by atoms with Gasteiger partial charge in [0.2, 0.25) is 5.95 Å². The number of rotatable bonds is 6. The number of aromatic nitrogens is 2. The predicted octanol–water partition coefficient (Wildman–Crippen LogP) is 0.505. The molecule has 0 aliphatic carbocycles. The molecule has 0 radical (unpaired) electrons. The van der Waals surface area contributed by atoms with E-state index in [4.69, 9.17) is 10.9 Å². The van der Waals surface area contributed by atoms with Crippen molar-refractivity contribution in [2.24, 2.45) is 10.9 Å². The van der Waals surface area contributed by atoms with Crippen molar-refractivity contribution in [2.45, 2.75) is 13.3 Å². The molecule has 0 spiro atoms. The van der Waals surface area contributed by atoms with Gasteiger partial charge in [0.1, 0.15) is 11.7 Å². The van der Waals surface area contributed by atoms with E-state index in [2.05, 4.69) is 15.1 Å². The van der Waals surface area contributed by atoms with Crippen molar-refractivity contribution in [1.82, 2.24) is 9.97 Å². The van der Waals surface area contributed by atoms with Crippen molar-refractivity contribution in [1.29, 1.82) is 0 Å². The summed E-state index contributed by atoms with van der Waals surface area (Å²) in [5.74, 6) is 1.71. The van der Waals surface area contributed by atoms with Crippen LogP contribution < -0.4 is 15.5 Å². The van der Waals surface area contributed by atoms with Crippen LogP contribution >= 0.6 is 0 Å². The molecular weight excluding hydrogens is 232 g/mol. The minimum Gasteiger partial charge on any atom is -0.409 e. The van der Waals surface area contributed by atoms with E-state index in [9.17, 15) is 0 Å². The SMILES string of the molecule is CCN(CCC(N)=NO)c1ccnc(N(C)C)n1. The van der Waals surface area contributed by atoms with E-state index in [1.165, 1.54) is 0 Å². The molecule has 100 valence electrons. The molecule has 7 nitrogen and oxygen atoms in total. The maximum atomic E-state index is 8.52. The van der Waals surface area contributed by atoms with E-state index in [1.54, 1.807) is 6.20 Å². The number of hydrogen-bond acceptors (Lipinski definition) is 6. The van der Waals surface area contributed by atoms with Crippen molar-refractivity contribution in [3.63, 3.8) is 0 Å². The molecule has 0 saturated heterocycles. The van der Waals surface area contributed by atoms with Crippen LogP contribution in [0.4, 0.5) is 11.8 Å². The van der Waals surface area contributed by atoms with E-state index < -0.39 is 0 Å². The molecule has 0 bridgehead atoms. The Morgan fingerprint density at radius 2 is 2.22 bits per heavy atom. The molecule has 0 saturated carbocycles. The summed E-state index contributed by atoms with van der Waals surface area (Å²) in [6, 6.07) is 1.85. The van der Waals surface area contributed by atoms with Gasteiger partial charge in [0, 0.05) is 39.8 Å². The van der Waals surface area contributed by atoms with Crippen molar-refractivity contribution < 1.29 is 5.21 Å². The fourth-order valence-corrected chi connectivity index (χ4v) is 1.46. The van der Waals surface area contributed by atoms with Crippen LogP contribution in [0, 0.1) is 0 Å². The van der Waals surface area contributed by atoms with Gasteiger partial charge < -0.3 is 20.7 Å². The highest BCUT2D eigenvalue weighted by Gasteiger charge is 2.09. The predicted molar refractivity (Wildman–Crippen MR) is 72.3 cm³/mol. The molecule has 1 aromatic rings. The Kier molecular flexibility index (Phi) is 5.16. The van der Waals surface area contributed by atoms with Crippen molar-refractivity contribution in [3.8, 4) is 0 Å². The highest BCUT2D eigenvalue weighted by atomic mass is 16.4. The minimum atomic E-state index is 0.218. The summed E-state index contributed by atoms with van der Waals surface area (Å²) in [5, 5.41) is 11.5. The third-order valence-electron chi connectivity index (χ3n) is 2.50. The summed E-state index contributed by atoms with van der Waals surface area (Å²) in [6.07, 6.45) is 2.22. The minimum absolute atomic E-state index is 0.218. The molecule has 0 unspecified atom stereocenters. The second-order valence-corrected chi connectivity index (χ2v) is 4.03. The Balaban J connectivity index is 2.78. The van der Waals surface area contributed by atoms with E-state index in [0.717, 1.165) is 12.4 Å². The first-order valence-corrected chi connectivity index (χ1v) is 5.80. The van der Waals surface area contributed by atoms with Crippen LogP contribution in [0.3, 0.4) is 0 Å². The quantitative estimate of drug-likeness (QED) is 0.332. The van der Waals surface area contributed by atoms with Gasteiger partial charge in [-0.05, 0) is 13.0 Å². The lowest BCUT2D eigenvalue weighted by atomic mass is 10.3. The smallest absolute Gasteiger partial charge is 0.226 e. The van der Waals surface area contributed by atoms with E-state index in [1.807, 2.05) is 36.9 Å². The molecular formula is C11H20N6O. The summed E-state index contributed by atoms with van der Waals surface area (Å²) in [7, 11) is 3.79. The van der Waals surface area contributed by atoms with Crippen LogP contribution in [-0.4, -0.2) is 48.2 Å². The molecule has 1 heterocycles. The average molecular weight is 252 g/mol. The summed E-state index contributed by atoms with van der Waals surface area (Å²) < 4.78 is 0. The standard InChI is InChI=1S/C11H20N6O/c1-4-17(8-6-9(12)15-18)10-5-7-13-11(14-10)16(2)3/h5,7,18H,4,6,8H2,1-3H3,(H2,12,15). The largest absolute Gasteiger partial charge is 0.409 e. The Labute approximate surface area is 107 Å². The lowest BCUT2D eigenvalue weighted by Crippen LogP contribution is -2.29. The Hall–Kier alpha value is -2.05. The van der Waals surface area contributed by atoms with Crippen LogP contribution in [0.1, 0.15) is 13.3 Å². The zero-order chi connectivity index (χ0) is 13.5. The van der Waals surface area contributed by atoms with Gasteiger partial charge in [-0.25, -0.2) is 4.98 Å². The molecule has 1 rings (SSSR count). The summed E-state index contributed by atoms with van der Waals surface area (Å²) in [6.45, 7) is 3.47. The lowest BCUT2D eigenvalue weighted by molar-refractivity contribution is 0.317. The maximum absolute atomic E-state index is 8.52. The average Bonchev–Trinajstić information content (AvgIpc) is 2.39. The number of nitrogens with two attached hydrogens (primary N) is 1. The lowest BCUT2D eigenvalue weighted by Gasteiger charge is -2.22. The van der Waals surface area contributed by atoms with Gasteiger partial charge >= 0.3 is 0 Å². The van der Waals surface area contributed by atoms with E-state index in [0.29, 0.717) is 18.9 Å². The van der Waals surface area contributed by atoms with Crippen LogP contribution in [0.25, 0.3) is 0 Å². The van der Waals surface area contributed by atoms with Gasteiger partial charge in [-0.15, -0.1) is 0 Å². The monoisotopic (exact) mass is 252 g/mol. The van der Waals surface area contributed by atoms with Crippen LogP contribution in [-0.2, 0) is 0 Å². The number of oxime groups is 1. The highest BCUT2D eigenvalue weighted by molar-refractivity contribution is 5.80. The number of nitrogens with zero attached hydrogens (tertiary/aromatic N) is 5. The number of hydrogen-bond donors (Lipinski definition) is 2. The molecule has 0 amide bonds.